The molecule has 26 heavy (non-hydrogen) atoms. The summed E-state index contributed by atoms with van der Waals surface area (Å²) in [6, 6.07) is 7.68. The summed E-state index contributed by atoms with van der Waals surface area (Å²) in [6.45, 7) is 12.0. The first-order valence-electron chi connectivity index (χ1n) is 8.77. The second-order valence-corrected chi connectivity index (χ2v) is 13.2. The van der Waals surface area contributed by atoms with Crippen LogP contribution in [0.5, 0.6) is 0 Å². The predicted octanol–water partition coefficient (Wildman–Crippen LogP) is 5.01. The van der Waals surface area contributed by atoms with Gasteiger partial charge in [0.2, 0.25) is 0 Å². The molecule has 0 radical (unpaired) electrons. The summed E-state index contributed by atoms with van der Waals surface area (Å²) in [5.74, 6) is 0. The predicted molar refractivity (Wildman–Crippen MR) is 108 cm³/mol. The van der Waals surface area contributed by atoms with E-state index in [9.17, 15) is 0 Å². The lowest BCUT2D eigenvalue weighted by atomic mass is 10.1. The van der Waals surface area contributed by atoms with Crippen LogP contribution in [0.2, 0.25) is 23.3 Å². The molecule has 3 rings (SSSR count). The monoisotopic (exact) mass is 388 g/mol. The van der Waals surface area contributed by atoms with Gasteiger partial charge in [-0.3, -0.25) is 4.98 Å². The maximum atomic E-state index is 6.29. The van der Waals surface area contributed by atoms with E-state index in [1.807, 2.05) is 18.3 Å². The van der Waals surface area contributed by atoms with Crippen LogP contribution in [-0.4, -0.2) is 34.5 Å². The zero-order valence-electron chi connectivity index (χ0n) is 16.0. The number of fused-ring (bicyclic) bond motifs is 1. The van der Waals surface area contributed by atoms with Gasteiger partial charge in [0.25, 0.3) is 0 Å². The van der Waals surface area contributed by atoms with Crippen LogP contribution in [0.1, 0.15) is 26.3 Å². The lowest BCUT2D eigenvalue weighted by Crippen LogP contribution is -2.41. The second-order valence-electron chi connectivity index (χ2n) is 7.98. The maximum absolute atomic E-state index is 6.29. The van der Waals surface area contributed by atoms with Crippen LogP contribution in [0.25, 0.3) is 17.0 Å². The summed E-state index contributed by atoms with van der Waals surface area (Å²) < 4.78 is 8.01. The molecule has 0 N–H and O–H groups in total. The largest absolute Gasteiger partial charge is 0.416 e. The average Bonchev–Trinajstić information content (AvgIpc) is 2.97. The Labute approximate surface area is 160 Å². The Morgan fingerprint density at radius 2 is 1.92 bits per heavy atom. The van der Waals surface area contributed by atoms with Gasteiger partial charge in [0.05, 0.1) is 11.9 Å². The minimum Gasteiger partial charge on any atom is -0.416 e. The molecule has 138 valence electrons. The van der Waals surface area contributed by atoms with Gasteiger partial charge in [0, 0.05) is 12.8 Å². The average molecular weight is 389 g/mol. The van der Waals surface area contributed by atoms with Crippen molar-refractivity contribution in [1.82, 2.24) is 19.6 Å². The third kappa shape index (κ3) is 3.97. The fourth-order valence-corrected chi connectivity index (χ4v) is 3.62. The smallest absolute Gasteiger partial charge is 0.191 e. The molecule has 0 aliphatic heterocycles. The third-order valence-electron chi connectivity index (χ3n) is 5.08. The lowest BCUT2D eigenvalue weighted by Gasteiger charge is -2.36. The molecule has 0 unspecified atom stereocenters. The Hall–Kier alpha value is -1.76. The Morgan fingerprint density at radius 1 is 1.15 bits per heavy atom. The van der Waals surface area contributed by atoms with Crippen molar-refractivity contribution in [1.29, 1.82) is 0 Å². The SMILES string of the molecule is CC(C)(C)[Si](C)(C)OCCc1ccnc(-c2cnc3ccc(Cl)nn23)c1. The number of rotatable bonds is 5. The van der Waals surface area contributed by atoms with Gasteiger partial charge in [-0.05, 0) is 54.4 Å². The highest BCUT2D eigenvalue weighted by atomic mass is 35.5. The first kappa shape index (κ1) is 19.0. The molecule has 0 atom stereocenters. The van der Waals surface area contributed by atoms with Gasteiger partial charge in [-0.1, -0.05) is 32.4 Å². The van der Waals surface area contributed by atoms with Crippen LogP contribution >= 0.6 is 11.6 Å². The van der Waals surface area contributed by atoms with E-state index in [1.165, 1.54) is 5.56 Å². The molecule has 3 heterocycles. The van der Waals surface area contributed by atoms with Crippen molar-refractivity contribution < 1.29 is 4.43 Å². The summed E-state index contributed by atoms with van der Waals surface area (Å²) in [4.78, 5) is 8.85. The molecular weight excluding hydrogens is 364 g/mol. The van der Waals surface area contributed by atoms with E-state index in [-0.39, 0.29) is 5.04 Å². The van der Waals surface area contributed by atoms with Crippen molar-refractivity contribution in [2.75, 3.05) is 6.61 Å². The Balaban J connectivity index is 1.77. The summed E-state index contributed by atoms with van der Waals surface area (Å²) in [5.41, 5.74) is 3.59. The van der Waals surface area contributed by atoms with Gasteiger partial charge in [0.1, 0.15) is 10.8 Å². The Bertz CT molecular complexity index is 917. The van der Waals surface area contributed by atoms with Gasteiger partial charge in [-0.15, -0.1) is 0 Å². The highest BCUT2D eigenvalue weighted by Gasteiger charge is 2.36. The molecule has 0 fully saturated rings. The second kappa shape index (κ2) is 7.10. The fourth-order valence-electron chi connectivity index (χ4n) is 2.44. The maximum Gasteiger partial charge on any atom is 0.191 e. The summed E-state index contributed by atoms with van der Waals surface area (Å²) in [7, 11) is -1.72. The van der Waals surface area contributed by atoms with Crippen LogP contribution in [0.4, 0.5) is 0 Å². The topological polar surface area (TPSA) is 52.3 Å². The number of aromatic nitrogens is 4. The molecule has 7 heteroatoms. The molecule has 0 amide bonds. The molecule has 0 aliphatic rings. The Kier molecular flexibility index (Phi) is 5.19. The standard InChI is InChI=1S/C19H25ClN4OSi/c1-19(2,3)26(4,5)25-11-9-14-8-10-21-15(12-14)16-13-22-18-7-6-17(20)23-24(16)18/h6-8,10,12-13H,9,11H2,1-5H3. The first-order valence-corrected chi connectivity index (χ1v) is 12.1. The molecule has 3 aromatic rings. The number of pyridine rings is 1. The molecule has 0 spiro atoms. The summed E-state index contributed by atoms with van der Waals surface area (Å²) >= 11 is 6.02. The number of nitrogens with zero attached hydrogens (tertiary/aromatic N) is 4. The van der Waals surface area contributed by atoms with E-state index in [0.717, 1.165) is 30.1 Å². The molecule has 0 aromatic carbocycles. The molecule has 0 aliphatic carbocycles. The number of hydrogen-bond acceptors (Lipinski definition) is 4. The molecule has 5 nitrogen and oxygen atoms in total. The van der Waals surface area contributed by atoms with Crippen molar-refractivity contribution >= 4 is 25.6 Å². The number of hydrogen-bond donors (Lipinski definition) is 0. The Morgan fingerprint density at radius 3 is 2.65 bits per heavy atom. The number of imidazole rings is 1. The molecule has 0 bridgehead atoms. The minimum absolute atomic E-state index is 0.220. The zero-order chi connectivity index (χ0) is 18.9. The van der Waals surface area contributed by atoms with Gasteiger partial charge in [-0.25, -0.2) is 9.50 Å². The molecule has 0 saturated heterocycles. The van der Waals surface area contributed by atoms with Crippen molar-refractivity contribution in [3.05, 3.63) is 47.4 Å². The van der Waals surface area contributed by atoms with E-state index < -0.39 is 8.32 Å². The van der Waals surface area contributed by atoms with E-state index in [1.54, 1.807) is 16.8 Å². The van der Waals surface area contributed by atoms with Crippen LogP contribution in [0.15, 0.2) is 36.7 Å². The molecule has 3 aromatic heterocycles. The van der Waals surface area contributed by atoms with Crippen LogP contribution in [0.3, 0.4) is 0 Å². The summed E-state index contributed by atoms with van der Waals surface area (Å²) in [5, 5.41) is 4.97. The molecule has 0 saturated carbocycles. The van der Waals surface area contributed by atoms with Crippen LogP contribution < -0.4 is 0 Å². The van der Waals surface area contributed by atoms with Crippen molar-refractivity contribution in [2.45, 2.75) is 45.3 Å². The van der Waals surface area contributed by atoms with Crippen molar-refractivity contribution in [3.63, 3.8) is 0 Å². The van der Waals surface area contributed by atoms with Crippen LogP contribution in [0, 0.1) is 0 Å². The van der Waals surface area contributed by atoms with Crippen molar-refractivity contribution in [3.8, 4) is 11.4 Å². The number of halogens is 1. The summed E-state index contributed by atoms with van der Waals surface area (Å²) in [6.07, 6.45) is 4.45. The normalized spacial score (nSPS) is 12.7. The van der Waals surface area contributed by atoms with E-state index in [4.69, 9.17) is 16.0 Å². The van der Waals surface area contributed by atoms with Gasteiger partial charge >= 0.3 is 0 Å². The van der Waals surface area contributed by atoms with E-state index in [2.05, 4.69) is 55.0 Å². The third-order valence-corrected chi connectivity index (χ3v) is 9.82. The molecular formula is C19H25ClN4OSi. The van der Waals surface area contributed by atoms with Crippen LogP contribution in [-0.2, 0) is 10.8 Å². The zero-order valence-corrected chi connectivity index (χ0v) is 17.7. The lowest BCUT2D eigenvalue weighted by molar-refractivity contribution is 0.292. The van der Waals surface area contributed by atoms with Gasteiger partial charge in [0.15, 0.2) is 14.0 Å². The first-order chi connectivity index (χ1) is 12.2. The minimum atomic E-state index is -1.72. The fraction of sp³-hybridized carbons (Fsp3) is 0.421. The quantitative estimate of drug-likeness (QED) is 0.576. The van der Waals surface area contributed by atoms with Gasteiger partial charge < -0.3 is 4.43 Å². The highest BCUT2D eigenvalue weighted by molar-refractivity contribution is 6.74. The van der Waals surface area contributed by atoms with Gasteiger partial charge in [-0.2, -0.15) is 5.10 Å². The van der Waals surface area contributed by atoms with Crippen molar-refractivity contribution in [2.24, 2.45) is 0 Å². The highest BCUT2D eigenvalue weighted by Crippen LogP contribution is 2.36. The van der Waals surface area contributed by atoms with E-state index in [0.29, 0.717) is 5.15 Å². The van der Waals surface area contributed by atoms with E-state index >= 15 is 0 Å².